The summed E-state index contributed by atoms with van der Waals surface area (Å²) in [6.45, 7) is 5.05. The lowest BCUT2D eigenvalue weighted by Gasteiger charge is -1.96. The van der Waals surface area contributed by atoms with Crippen LogP contribution in [0.2, 0.25) is 0 Å². The second-order valence-electron chi connectivity index (χ2n) is 1.74. The van der Waals surface area contributed by atoms with Crippen molar-refractivity contribution in [2.24, 2.45) is 0 Å². The zero-order valence-corrected chi connectivity index (χ0v) is 4.42. The molecule has 8 heavy (non-hydrogen) atoms. The molecule has 3 heteroatoms. The Morgan fingerprint density at radius 1 is 1.62 bits per heavy atom. The van der Waals surface area contributed by atoms with Crippen LogP contribution in [0.15, 0.2) is 12.3 Å². The summed E-state index contributed by atoms with van der Waals surface area (Å²) in [6, 6.07) is 0. The van der Waals surface area contributed by atoms with Gasteiger partial charge >= 0.3 is 5.97 Å². The highest BCUT2D eigenvalue weighted by Crippen LogP contribution is 2.11. The first-order chi connectivity index (χ1) is 3.72. The molecule has 0 aromatic heterocycles. The Labute approximate surface area is 47.2 Å². The van der Waals surface area contributed by atoms with E-state index in [4.69, 9.17) is 5.11 Å². The summed E-state index contributed by atoms with van der Waals surface area (Å²) in [6.07, 6.45) is 0. The minimum absolute atomic E-state index is 0.213. The van der Waals surface area contributed by atoms with Crippen LogP contribution >= 0.6 is 0 Å². The number of carboxylic acids is 1. The summed E-state index contributed by atoms with van der Waals surface area (Å²) in [5, 5.41) is 8.25. The van der Waals surface area contributed by atoms with Gasteiger partial charge in [0.25, 0.3) is 0 Å². The fraction of sp³-hybridized carbons (Fsp3) is 0.400. The van der Waals surface area contributed by atoms with E-state index in [9.17, 15) is 4.79 Å². The van der Waals surface area contributed by atoms with E-state index in [0.717, 1.165) is 13.1 Å². The van der Waals surface area contributed by atoms with Crippen molar-refractivity contribution in [3.63, 3.8) is 0 Å². The van der Waals surface area contributed by atoms with Crippen LogP contribution in [-0.4, -0.2) is 29.1 Å². The Hall–Kier alpha value is -0.990. The van der Waals surface area contributed by atoms with E-state index in [1.807, 2.05) is 0 Å². The van der Waals surface area contributed by atoms with Gasteiger partial charge in [-0.15, -0.1) is 0 Å². The van der Waals surface area contributed by atoms with Gasteiger partial charge in [0.05, 0.1) is 0 Å². The summed E-state index contributed by atoms with van der Waals surface area (Å²) < 4.78 is 0. The maximum atomic E-state index is 10.0. The highest BCUT2D eigenvalue weighted by molar-refractivity contribution is 5.85. The minimum Gasteiger partial charge on any atom is -0.477 e. The van der Waals surface area contributed by atoms with Gasteiger partial charge in [0.2, 0.25) is 0 Å². The van der Waals surface area contributed by atoms with Crippen molar-refractivity contribution >= 4 is 5.97 Å². The zero-order chi connectivity index (χ0) is 6.15. The van der Waals surface area contributed by atoms with E-state index >= 15 is 0 Å². The van der Waals surface area contributed by atoms with Crippen LogP contribution in [0.3, 0.4) is 0 Å². The van der Waals surface area contributed by atoms with Crippen molar-refractivity contribution in [2.75, 3.05) is 13.1 Å². The Bertz CT molecular complexity index is 137. The molecular weight excluding hydrogens is 106 g/mol. The number of nitrogens with zero attached hydrogens (tertiary/aromatic N) is 1. The van der Waals surface area contributed by atoms with Gasteiger partial charge in [0, 0.05) is 13.1 Å². The van der Waals surface area contributed by atoms with Gasteiger partial charge in [0.1, 0.15) is 5.70 Å². The van der Waals surface area contributed by atoms with Crippen LogP contribution < -0.4 is 0 Å². The van der Waals surface area contributed by atoms with Crippen LogP contribution in [0, 0.1) is 0 Å². The molecule has 1 aliphatic heterocycles. The molecule has 1 fully saturated rings. The summed E-state index contributed by atoms with van der Waals surface area (Å²) >= 11 is 0. The number of aliphatic carboxylic acids is 1. The molecule has 0 saturated carbocycles. The molecule has 0 atom stereocenters. The molecule has 1 rings (SSSR count). The van der Waals surface area contributed by atoms with Crippen molar-refractivity contribution in [1.82, 2.24) is 4.90 Å². The number of rotatable bonds is 2. The van der Waals surface area contributed by atoms with Crippen molar-refractivity contribution < 1.29 is 9.90 Å². The zero-order valence-electron chi connectivity index (χ0n) is 4.42. The van der Waals surface area contributed by atoms with Crippen molar-refractivity contribution in [1.29, 1.82) is 0 Å². The predicted molar refractivity (Wildman–Crippen MR) is 28.3 cm³/mol. The SMILES string of the molecule is C=C(C(=O)O)N1CC1. The van der Waals surface area contributed by atoms with Crippen molar-refractivity contribution in [3.8, 4) is 0 Å². The molecule has 0 aliphatic carbocycles. The average Bonchev–Trinajstić information content (AvgIpc) is 2.43. The maximum Gasteiger partial charge on any atom is 0.351 e. The van der Waals surface area contributed by atoms with Crippen LogP contribution in [0.25, 0.3) is 0 Å². The smallest absolute Gasteiger partial charge is 0.351 e. The van der Waals surface area contributed by atoms with E-state index < -0.39 is 5.97 Å². The maximum absolute atomic E-state index is 10.0. The third-order valence-corrected chi connectivity index (χ3v) is 1.08. The third-order valence-electron chi connectivity index (χ3n) is 1.08. The Morgan fingerprint density at radius 3 is 2.25 bits per heavy atom. The van der Waals surface area contributed by atoms with Crippen LogP contribution in [0.5, 0.6) is 0 Å². The highest BCUT2D eigenvalue weighted by atomic mass is 16.4. The molecule has 1 saturated heterocycles. The van der Waals surface area contributed by atoms with E-state index in [-0.39, 0.29) is 5.70 Å². The number of hydrogen-bond acceptors (Lipinski definition) is 2. The molecule has 0 aromatic rings. The standard InChI is InChI=1S/C5H7NO2/c1-4(5(7)8)6-2-3-6/h1-3H2,(H,7,8). The second-order valence-corrected chi connectivity index (χ2v) is 1.74. The Morgan fingerprint density at radius 2 is 2.12 bits per heavy atom. The molecule has 0 spiro atoms. The number of hydrogen-bond donors (Lipinski definition) is 1. The van der Waals surface area contributed by atoms with Crippen molar-refractivity contribution in [2.45, 2.75) is 0 Å². The van der Waals surface area contributed by atoms with Crippen LogP contribution in [-0.2, 0) is 4.79 Å². The molecule has 0 amide bonds. The second kappa shape index (κ2) is 1.51. The summed E-state index contributed by atoms with van der Waals surface area (Å²) in [7, 11) is 0. The normalized spacial score (nSPS) is 15.8. The first-order valence-electron chi connectivity index (χ1n) is 2.39. The van der Waals surface area contributed by atoms with E-state index in [2.05, 4.69) is 6.58 Å². The van der Waals surface area contributed by atoms with Gasteiger partial charge in [-0.25, -0.2) is 4.79 Å². The molecule has 44 valence electrons. The fourth-order valence-electron chi connectivity index (χ4n) is 0.455. The number of carbonyl (C=O) groups is 1. The lowest BCUT2D eigenvalue weighted by Crippen LogP contribution is -2.06. The summed E-state index contributed by atoms with van der Waals surface area (Å²) in [5.41, 5.74) is 0.213. The van der Waals surface area contributed by atoms with Crippen LogP contribution in [0.1, 0.15) is 0 Å². The van der Waals surface area contributed by atoms with Gasteiger partial charge in [-0.3, -0.25) is 0 Å². The molecule has 0 radical (unpaired) electrons. The fourth-order valence-corrected chi connectivity index (χ4v) is 0.455. The molecule has 1 aliphatic rings. The minimum atomic E-state index is -0.914. The van der Waals surface area contributed by atoms with E-state index in [1.165, 1.54) is 0 Å². The van der Waals surface area contributed by atoms with Crippen molar-refractivity contribution in [3.05, 3.63) is 12.3 Å². The summed E-state index contributed by atoms with van der Waals surface area (Å²) in [4.78, 5) is 11.7. The topological polar surface area (TPSA) is 40.3 Å². The number of carboxylic acid groups (broad SMARTS) is 1. The average molecular weight is 113 g/mol. The van der Waals surface area contributed by atoms with Gasteiger partial charge in [-0.2, -0.15) is 0 Å². The first-order valence-corrected chi connectivity index (χ1v) is 2.39. The molecule has 0 bridgehead atoms. The molecule has 1 N–H and O–H groups in total. The van der Waals surface area contributed by atoms with Gasteiger partial charge in [-0.1, -0.05) is 6.58 Å². The summed E-state index contributed by atoms with van der Waals surface area (Å²) in [5.74, 6) is -0.914. The Kier molecular flexibility index (Phi) is 0.970. The predicted octanol–water partition coefficient (Wildman–Crippen LogP) is -0.0997. The molecular formula is C5H7NO2. The van der Waals surface area contributed by atoms with E-state index in [1.54, 1.807) is 4.90 Å². The largest absolute Gasteiger partial charge is 0.477 e. The lowest BCUT2D eigenvalue weighted by atomic mass is 10.5. The van der Waals surface area contributed by atoms with Crippen LogP contribution in [0.4, 0.5) is 0 Å². The van der Waals surface area contributed by atoms with Gasteiger partial charge < -0.3 is 10.0 Å². The quantitative estimate of drug-likeness (QED) is 0.401. The molecule has 0 aromatic carbocycles. The monoisotopic (exact) mass is 113 g/mol. The first kappa shape index (κ1) is 5.15. The van der Waals surface area contributed by atoms with Gasteiger partial charge in [-0.05, 0) is 0 Å². The molecule has 3 nitrogen and oxygen atoms in total. The Balaban J connectivity index is 2.45. The van der Waals surface area contributed by atoms with E-state index in [0.29, 0.717) is 0 Å². The highest BCUT2D eigenvalue weighted by Gasteiger charge is 2.22. The third kappa shape index (κ3) is 0.804. The molecule has 1 heterocycles. The van der Waals surface area contributed by atoms with Gasteiger partial charge in [0.15, 0.2) is 0 Å². The lowest BCUT2D eigenvalue weighted by molar-refractivity contribution is -0.133. The molecule has 0 unspecified atom stereocenters.